The largest absolute Gasteiger partial charge is 0.382 e. The minimum Gasteiger partial charge on any atom is -0.382 e. The van der Waals surface area contributed by atoms with Crippen LogP contribution < -0.4 is 0 Å². The van der Waals surface area contributed by atoms with Crippen molar-refractivity contribution in [2.45, 2.75) is 25.3 Å². The fourth-order valence-corrected chi connectivity index (χ4v) is 1.83. The van der Waals surface area contributed by atoms with Gasteiger partial charge < -0.3 is 14.0 Å². The maximum absolute atomic E-state index is 5.42. The molecule has 0 bridgehead atoms. The highest BCUT2D eigenvalue weighted by Gasteiger charge is 2.28. The van der Waals surface area contributed by atoms with Gasteiger partial charge in [-0.3, -0.25) is 5.10 Å². The summed E-state index contributed by atoms with van der Waals surface area (Å²) < 4.78 is 13.1. The second kappa shape index (κ2) is 5.56. The average molecular weight is 243 g/mol. The molecule has 1 saturated carbocycles. The van der Waals surface area contributed by atoms with E-state index in [2.05, 4.69) is 10.2 Å². The van der Waals surface area contributed by atoms with Crippen LogP contribution in [0.15, 0.2) is 0 Å². The Balaban J connectivity index is 1.83. The van der Waals surface area contributed by atoms with Gasteiger partial charge in [0.25, 0.3) is 0 Å². The second-order valence-corrected chi connectivity index (χ2v) is 4.30. The maximum Gasteiger partial charge on any atom is 0.195 e. The van der Waals surface area contributed by atoms with Crippen LogP contribution in [0.4, 0.5) is 0 Å². The van der Waals surface area contributed by atoms with Gasteiger partial charge in [-0.25, -0.2) is 0 Å². The number of aromatic nitrogens is 3. The normalized spacial score (nSPS) is 15.6. The molecular formula is C10H17N3O2S. The fraction of sp³-hybridized carbons (Fsp3) is 0.800. The Morgan fingerprint density at radius 2 is 2.25 bits per heavy atom. The number of hydrogen-bond donors (Lipinski definition) is 1. The lowest BCUT2D eigenvalue weighted by atomic mass is 10.4. The van der Waals surface area contributed by atoms with Crippen LogP contribution in [0.25, 0.3) is 0 Å². The highest BCUT2D eigenvalue weighted by molar-refractivity contribution is 7.71. The molecule has 0 aliphatic heterocycles. The molecule has 5 nitrogen and oxygen atoms in total. The van der Waals surface area contributed by atoms with E-state index in [-0.39, 0.29) is 0 Å². The first-order valence-electron chi connectivity index (χ1n) is 5.54. The standard InChI is InChI=1S/C10H17N3O2S/c1-14-6-7-15-5-4-13-9(8-2-3-8)11-12-10(13)16/h8H,2-7H2,1H3,(H,12,16). The molecule has 0 atom stereocenters. The molecule has 16 heavy (non-hydrogen) atoms. The highest BCUT2D eigenvalue weighted by Crippen LogP contribution is 2.38. The molecular weight excluding hydrogens is 226 g/mol. The summed E-state index contributed by atoms with van der Waals surface area (Å²) in [5, 5.41) is 7.10. The van der Waals surface area contributed by atoms with E-state index in [0.29, 0.717) is 30.5 Å². The molecule has 1 fully saturated rings. The number of hydrogen-bond acceptors (Lipinski definition) is 4. The van der Waals surface area contributed by atoms with Crippen LogP contribution in [0.5, 0.6) is 0 Å². The van der Waals surface area contributed by atoms with Gasteiger partial charge in [0.05, 0.1) is 26.4 Å². The summed E-state index contributed by atoms with van der Waals surface area (Å²) in [4.78, 5) is 0. The van der Waals surface area contributed by atoms with Crippen molar-refractivity contribution in [3.63, 3.8) is 0 Å². The lowest BCUT2D eigenvalue weighted by Crippen LogP contribution is -2.11. The van der Waals surface area contributed by atoms with Crippen LogP contribution in [0.2, 0.25) is 0 Å². The number of aromatic amines is 1. The lowest BCUT2D eigenvalue weighted by molar-refractivity contribution is 0.0662. The van der Waals surface area contributed by atoms with E-state index < -0.39 is 0 Å². The molecule has 0 unspecified atom stereocenters. The van der Waals surface area contributed by atoms with Gasteiger partial charge in [0.15, 0.2) is 4.77 Å². The minimum atomic E-state index is 0.604. The molecule has 1 aliphatic rings. The first-order chi connectivity index (χ1) is 7.83. The van der Waals surface area contributed by atoms with Gasteiger partial charge in [-0.05, 0) is 25.1 Å². The Morgan fingerprint density at radius 1 is 1.44 bits per heavy atom. The lowest BCUT2D eigenvalue weighted by Gasteiger charge is -2.06. The molecule has 6 heteroatoms. The molecule has 0 amide bonds. The Kier molecular flexibility index (Phi) is 4.09. The number of nitrogens with one attached hydrogen (secondary N) is 1. The van der Waals surface area contributed by atoms with Crippen LogP contribution in [0.3, 0.4) is 0 Å². The Morgan fingerprint density at radius 3 is 2.94 bits per heavy atom. The van der Waals surface area contributed by atoms with Crippen molar-refractivity contribution < 1.29 is 9.47 Å². The summed E-state index contributed by atoms with van der Waals surface area (Å²) in [7, 11) is 1.67. The molecule has 90 valence electrons. The molecule has 1 N–H and O–H groups in total. The summed E-state index contributed by atoms with van der Waals surface area (Å²) in [6.45, 7) is 2.68. The third-order valence-corrected chi connectivity index (χ3v) is 2.93. The number of ether oxygens (including phenoxy) is 2. The van der Waals surface area contributed by atoms with E-state index in [1.54, 1.807) is 7.11 Å². The molecule has 1 aromatic rings. The van der Waals surface area contributed by atoms with Gasteiger partial charge in [0.1, 0.15) is 5.82 Å². The zero-order valence-electron chi connectivity index (χ0n) is 9.44. The van der Waals surface area contributed by atoms with Crippen molar-refractivity contribution in [2.24, 2.45) is 0 Å². The highest BCUT2D eigenvalue weighted by atomic mass is 32.1. The number of rotatable bonds is 7. The van der Waals surface area contributed by atoms with Gasteiger partial charge >= 0.3 is 0 Å². The van der Waals surface area contributed by atoms with Crippen molar-refractivity contribution in [1.29, 1.82) is 0 Å². The number of methoxy groups -OCH3 is 1. The second-order valence-electron chi connectivity index (χ2n) is 3.92. The number of nitrogens with zero attached hydrogens (tertiary/aromatic N) is 2. The first kappa shape index (κ1) is 11.8. The SMILES string of the molecule is COCCOCCn1c(C2CC2)n[nH]c1=S. The molecule has 1 aliphatic carbocycles. The summed E-state index contributed by atoms with van der Waals surface area (Å²) in [6.07, 6.45) is 2.45. The molecule has 0 aromatic carbocycles. The first-order valence-corrected chi connectivity index (χ1v) is 5.95. The summed E-state index contributed by atoms with van der Waals surface area (Å²) in [5.74, 6) is 1.69. The van der Waals surface area contributed by atoms with E-state index in [9.17, 15) is 0 Å². The zero-order valence-corrected chi connectivity index (χ0v) is 10.3. The van der Waals surface area contributed by atoms with Crippen LogP contribution in [0, 0.1) is 4.77 Å². The fourth-order valence-electron chi connectivity index (χ4n) is 1.60. The van der Waals surface area contributed by atoms with E-state index in [0.717, 1.165) is 12.4 Å². The minimum absolute atomic E-state index is 0.604. The summed E-state index contributed by atoms with van der Waals surface area (Å²) in [5.41, 5.74) is 0. The topological polar surface area (TPSA) is 52.1 Å². The monoisotopic (exact) mass is 243 g/mol. The summed E-state index contributed by atoms with van der Waals surface area (Å²) in [6, 6.07) is 0. The van der Waals surface area contributed by atoms with E-state index >= 15 is 0 Å². The van der Waals surface area contributed by atoms with Gasteiger partial charge in [-0.2, -0.15) is 5.10 Å². The van der Waals surface area contributed by atoms with Crippen LogP contribution in [0.1, 0.15) is 24.6 Å². The van der Waals surface area contributed by atoms with Crippen LogP contribution in [-0.4, -0.2) is 41.7 Å². The Bertz CT molecular complexity index is 384. The predicted octanol–water partition coefficient (Wildman–Crippen LogP) is 1.48. The summed E-state index contributed by atoms with van der Waals surface area (Å²) >= 11 is 5.19. The Labute approximate surface area is 99.8 Å². The van der Waals surface area contributed by atoms with Crippen LogP contribution in [-0.2, 0) is 16.0 Å². The molecule has 2 rings (SSSR count). The van der Waals surface area contributed by atoms with E-state index in [1.165, 1.54) is 12.8 Å². The van der Waals surface area contributed by atoms with Gasteiger partial charge in [0.2, 0.25) is 0 Å². The van der Waals surface area contributed by atoms with Crippen molar-refractivity contribution in [2.75, 3.05) is 26.9 Å². The van der Waals surface area contributed by atoms with Gasteiger partial charge in [-0.1, -0.05) is 0 Å². The van der Waals surface area contributed by atoms with E-state index in [4.69, 9.17) is 21.7 Å². The Hall–Kier alpha value is -0.720. The van der Waals surface area contributed by atoms with Crippen molar-refractivity contribution >= 4 is 12.2 Å². The smallest absolute Gasteiger partial charge is 0.195 e. The van der Waals surface area contributed by atoms with E-state index in [1.807, 2.05) is 4.57 Å². The average Bonchev–Trinajstić information content (AvgIpc) is 3.05. The number of H-pyrrole nitrogens is 1. The third-order valence-electron chi connectivity index (χ3n) is 2.62. The zero-order chi connectivity index (χ0) is 11.4. The van der Waals surface area contributed by atoms with Crippen molar-refractivity contribution in [1.82, 2.24) is 14.8 Å². The van der Waals surface area contributed by atoms with Crippen LogP contribution >= 0.6 is 12.2 Å². The van der Waals surface area contributed by atoms with Crippen molar-refractivity contribution in [3.05, 3.63) is 10.6 Å². The molecule has 1 aromatic heterocycles. The molecule has 0 saturated heterocycles. The third kappa shape index (κ3) is 2.90. The maximum atomic E-state index is 5.42. The molecule has 0 radical (unpaired) electrons. The van der Waals surface area contributed by atoms with Crippen molar-refractivity contribution in [3.8, 4) is 0 Å². The molecule has 1 heterocycles. The quantitative estimate of drug-likeness (QED) is 0.582. The van der Waals surface area contributed by atoms with Gasteiger partial charge in [0, 0.05) is 13.0 Å². The predicted molar refractivity (Wildman–Crippen MR) is 62.1 cm³/mol. The molecule has 0 spiro atoms. The van der Waals surface area contributed by atoms with Gasteiger partial charge in [-0.15, -0.1) is 0 Å².